The Morgan fingerprint density at radius 1 is 1.40 bits per heavy atom. The summed E-state index contributed by atoms with van der Waals surface area (Å²) in [4.78, 5) is 13.9. The van der Waals surface area contributed by atoms with Crippen LogP contribution in [0, 0.1) is 11.8 Å². The molecule has 0 aromatic rings. The number of ether oxygens (including phenoxy) is 1. The predicted molar refractivity (Wildman–Crippen MR) is 59.7 cm³/mol. The van der Waals surface area contributed by atoms with Gasteiger partial charge in [-0.15, -0.1) is 0 Å². The topological polar surface area (TPSA) is 41.6 Å². The van der Waals surface area contributed by atoms with Crippen LogP contribution in [0.4, 0.5) is 0 Å². The summed E-state index contributed by atoms with van der Waals surface area (Å²) < 4.78 is 4.83. The van der Waals surface area contributed by atoms with Crippen molar-refractivity contribution in [2.75, 3.05) is 39.8 Å². The van der Waals surface area contributed by atoms with E-state index in [9.17, 15) is 4.79 Å². The van der Waals surface area contributed by atoms with Crippen LogP contribution in [-0.4, -0.2) is 50.7 Å². The summed E-state index contributed by atoms with van der Waals surface area (Å²) in [6, 6.07) is 0. The number of carbonyl (C=O) groups excluding carboxylic acids is 1. The second kappa shape index (κ2) is 6.08. The number of esters is 1. The molecule has 4 nitrogen and oxygen atoms in total. The molecule has 0 bridgehead atoms. The first-order chi connectivity index (χ1) is 7.15. The Hall–Kier alpha value is -0.610. The molecule has 1 aliphatic heterocycles. The zero-order valence-corrected chi connectivity index (χ0v) is 9.95. The van der Waals surface area contributed by atoms with Gasteiger partial charge in [-0.2, -0.15) is 0 Å². The van der Waals surface area contributed by atoms with E-state index in [-0.39, 0.29) is 11.9 Å². The molecule has 0 aromatic carbocycles. The Morgan fingerprint density at radius 3 is 2.47 bits per heavy atom. The van der Waals surface area contributed by atoms with Crippen LogP contribution >= 0.6 is 0 Å². The monoisotopic (exact) mass is 214 g/mol. The number of nitrogens with zero attached hydrogens (tertiary/aromatic N) is 1. The Labute approximate surface area is 92.0 Å². The van der Waals surface area contributed by atoms with Crippen LogP contribution < -0.4 is 5.32 Å². The van der Waals surface area contributed by atoms with Crippen molar-refractivity contribution >= 4 is 5.97 Å². The lowest BCUT2D eigenvalue weighted by atomic mass is 9.95. The van der Waals surface area contributed by atoms with Crippen LogP contribution in [0.5, 0.6) is 0 Å². The Balaban J connectivity index is 2.46. The molecular weight excluding hydrogens is 192 g/mol. The third-order valence-corrected chi connectivity index (χ3v) is 2.97. The number of hydrogen-bond donors (Lipinski definition) is 1. The lowest BCUT2D eigenvalue weighted by Gasteiger charge is -2.31. The summed E-state index contributed by atoms with van der Waals surface area (Å²) in [5.74, 6) is 0.268. The predicted octanol–water partition coefficient (Wildman–Crippen LogP) is 0.337. The quantitative estimate of drug-likeness (QED) is 0.685. The van der Waals surface area contributed by atoms with Crippen molar-refractivity contribution in [1.82, 2.24) is 10.2 Å². The van der Waals surface area contributed by atoms with Crippen molar-refractivity contribution in [1.29, 1.82) is 0 Å². The lowest BCUT2D eigenvalue weighted by Crippen LogP contribution is -2.47. The highest BCUT2D eigenvalue weighted by Gasteiger charge is 2.26. The van der Waals surface area contributed by atoms with E-state index in [1.165, 1.54) is 7.11 Å². The molecule has 1 fully saturated rings. The highest BCUT2D eigenvalue weighted by atomic mass is 16.5. The van der Waals surface area contributed by atoms with Gasteiger partial charge in [-0.25, -0.2) is 0 Å². The van der Waals surface area contributed by atoms with E-state index in [0.717, 1.165) is 32.7 Å². The Morgan fingerprint density at radius 2 is 2.00 bits per heavy atom. The van der Waals surface area contributed by atoms with E-state index in [1.54, 1.807) is 0 Å². The highest BCUT2D eigenvalue weighted by molar-refractivity contribution is 5.72. The molecule has 1 rings (SSSR count). The van der Waals surface area contributed by atoms with Gasteiger partial charge in [0.25, 0.3) is 0 Å². The summed E-state index contributed by atoms with van der Waals surface area (Å²) in [6.07, 6.45) is 0. The Kier molecular flexibility index (Phi) is 5.05. The molecular formula is C11H22N2O2. The van der Waals surface area contributed by atoms with Crippen molar-refractivity contribution in [2.24, 2.45) is 11.8 Å². The van der Waals surface area contributed by atoms with Gasteiger partial charge < -0.3 is 10.1 Å². The molecule has 1 unspecified atom stereocenters. The second-order valence-electron chi connectivity index (χ2n) is 4.42. The molecule has 0 radical (unpaired) electrons. The fourth-order valence-electron chi connectivity index (χ4n) is 1.88. The fraction of sp³-hybridized carbons (Fsp3) is 0.909. The molecule has 0 aliphatic carbocycles. The zero-order chi connectivity index (χ0) is 11.3. The molecule has 0 aromatic heterocycles. The SMILES string of the molecule is COC(=O)C(CN1CCNCC1)C(C)C. The van der Waals surface area contributed by atoms with Gasteiger partial charge in [0.15, 0.2) is 0 Å². The van der Waals surface area contributed by atoms with Crippen molar-refractivity contribution in [2.45, 2.75) is 13.8 Å². The summed E-state index contributed by atoms with van der Waals surface area (Å²) in [5.41, 5.74) is 0. The average molecular weight is 214 g/mol. The van der Waals surface area contributed by atoms with Gasteiger partial charge in [-0.1, -0.05) is 13.8 Å². The molecule has 15 heavy (non-hydrogen) atoms. The molecule has 1 atom stereocenters. The summed E-state index contributed by atoms with van der Waals surface area (Å²) in [6.45, 7) is 9.07. The summed E-state index contributed by atoms with van der Waals surface area (Å²) in [7, 11) is 1.47. The van der Waals surface area contributed by atoms with Crippen molar-refractivity contribution in [3.8, 4) is 0 Å². The van der Waals surface area contributed by atoms with E-state index in [2.05, 4.69) is 24.1 Å². The van der Waals surface area contributed by atoms with Gasteiger partial charge in [0.05, 0.1) is 13.0 Å². The van der Waals surface area contributed by atoms with Gasteiger partial charge in [-0.05, 0) is 5.92 Å². The lowest BCUT2D eigenvalue weighted by molar-refractivity contribution is -0.147. The van der Waals surface area contributed by atoms with Crippen LogP contribution in [0.2, 0.25) is 0 Å². The zero-order valence-electron chi connectivity index (χ0n) is 9.95. The Bertz CT molecular complexity index is 201. The van der Waals surface area contributed by atoms with E-state index in [0.29, 0.717) is 5.92 Å². The van der Waals surface area contributed by atoms with Crippen molar-refractivity contribution in [3.05, 3.63) is 0 Å². The first-order valence-electron chi connectivity index (χ1n) is 5.66. The average Bonchev–Trinajstić information content (AvgIpc) is 2.26. The van der Waals surface area contributed by atoms with Gasteiger partial charge in [0.1, 0.15) is 0 Å². The van der Waals surface area contributed by atoms with Gasteiger partial charge >= 0.3 is 5.97 Å². The molecule has 0 spiro atoms. The first-order valence-corrected chi connectivity index (χ1v) is 5.66. The number of methoxy groups -OCH3 is 1. The number of carbonyl (C=O) groups is 1. The normalized spacial score (nSPS) is 20.3. The number of piperazine rings is 1. The maximum atomic E-state index is 11.6. The van der Waals surface area contributed by atoms with Crippen molar-refractivity contribution in [3.63, 3.8) is 0 Å². The number of rotatable bonds is 4. The van der Waals surface area contributed by atoms with Gasteiger partial charge in [0.2, 0.25) is 0 Å². The van der Waals surface area contributed by atoms with Crippen LogP contribution in [0.25, 0.3) is 0 Å². The minimum Gasteiger partial charge on any atom is -0.469 e. The second-order valence-corrected chi connectivity index (χ2v) is 4.42. The maximum Gasteiger partial charge on any atom is 0.310 e. The third kappa shape index (κ3) is 3.80. The van der Waals surface area contributed by atoms with Crippen molar-refractivity contribution < 1.29 is 9.53 Å². The molecule has 1 saturated heterocycles. The molecule has 1 aliphatic rings. The highest BCUT2D eigenvalue weighted by Crippen LogP contribution is 2.14. The van der Waals surface area contributed by atoms with Crippen LogP contribution in [0.3, 0.4) is 0 Å². The molecule has 1 N–H and O–H groups in total. The van der Waals surface area contributed by atoms with E-state index >= 15 is 0 Å². The smallest absolute Gasteiger partial charge is 0.310 e. The maximum absolute atomic E-state index is 11.6. The van der Waals surface area contributed by atoms with E-state index < -0.39 is 0 Å². The summed E-state index contributed by atoms with van der Waals surface area (Å²) >= 11 is 0. The fourth-order valence-corrected chi connectivity index (χ4v) is 1.88. The molecule has 0 saturated carbocycles. The van der Waals surface area contributed by atoms with Crippen LogP contribution in [-0.2, 0) is 9.53 Å². The largest absolute Gasteiger partial charge is 0.469 e. The molecule has 1 heterocycles. The molecule has 88 valence electrons. The van der Waals surface area contributed by atoms with Gasteiger partial charge in [-0.3, -0.25) is 9.69 Å². The molecule has 0 amide bonds. The van der Waals surface area contributed by atoms with E-state index in [1.807, 2.05) is 0 Å². The standard InChI is InChI=1S/C11H22N2O2/c1-9(2)10(11(14)15-3)8-13-6-4-12-5-7-13/h9-10,12H,4-8H2,1-3H3. The minimum absolute atomic E-state index is 0.00750. The third-order valence-electron chi connectivity index (χ3n) is 2.97. The summed E-state index contributed by atoms with van der Waals surface area (Å²) in [5, 5.41) is 3.30. The molecule has 4 heteroatoms. The van der Waals surface area contributed by atoms with Crippen LogP contribution in [0.15, 0.2) is 0 Å². The van der Waals surface area contributed by atoms with E-state index in [4.69, 9.17) is 4.74 Å². The first kappa shape index (κ1) is 12.5. The number of nitrogens with one attached hydrogen (secondary N) is 1. The minimum atomic E-state index is -0.0801. The van der Waals surface area contributed by atoms with Crippen LogP contribution in [0.1, 0.15) is 13.8 Å². The van der Waals surface area contributed by atoms with Gasteiger partial charge in [0, 0.05) is 32.7 Å². The number of hydrogen-bond acceptors (Lipinski definition) is 4.